The third kappa shape index (κ3) is 3.71. The van der Waals surface area contributed by atoms with Gasteiger partial charge in [0.2, 0.25) is 5.95 Å². The molecule has 5 rings (SSSR count). The summed E-state index contributed by atoms with van der Waals surface area (Å²) < 4.78 is 1.75. The summed E-state index contributed by atoms with van der Waals surface area (Å²) in [6.45, 7) is 5.73. The molecule has 0 unspecified atom stereocenters. The second kappa shape index (κ2) is 7.83. The number of nitrogens with zero attached hydrogens (tertiary/aromatic N) is 6. The molecule has 0 amide bonds. The summed E-state index contributed by atoms with van der Waals surface area (Å²) in [4.78, 5) is 14.3. The lowest BCUT2D eigenvalue weighted by atomic mass is 10.1. The van der Waals surface area contributed by atoms with Gasteiger partial charge in [0.1, 0.15) is 5.82 Å². The Kier molecular flexibility index (Phi) is 5.00. The van der Waals surface area contributed by atoms with Crippen molar-refractivity contribution in [2.75, 3.05) is 43.9 Å². The highest BCUT2D eigenvalue weighted by molar-refractivity contribution is 6.30. The minimum absolute atomic E-state index is 0.524. The van der Waals surface area contributed by atoms with Gasteiger partial charge in [-0.15, -0.1) is 5.10 Å². The van der Waals surface area contributed by atoms with Crippen molar-refractivity contribution < 1.29 is 0 Å². The van der Waals surface area contributed by atoms with E-state index in [1.807, 2.05) is 49.4 Å². The summed E-state index contributed by atoms with van der Waals surface area (Å²) in [5.41, 5.74) is 10.9. The van der Waals surface area contributed by atoms with E-state index in [0.29, 0.717) is 22.4 Å². The molecule has 1 saturated heterocycles. The number of rotatable bonds is 3. The predicted molar refractivity (Wildman–Crippen MR) is 126 cm³/mol. The number of nitrogens with two attached hydrogens (primary N) is 1. The fourth-order valence-electron chi connectivity index (χ4n) is 3.92. The fraction of sp³-hybridized carbons (Fsp3) is 0.261. The van der Waals surface area contributed by atoms with Gasteiger partial charge in [-0.25, -0.2) is 9.67 Å². The van der Waals surface area contributed by atoms with Crippen LogP contribution in [0, 0.1) is 6.92 Å². The molecule has 3 heterocycles. The Hall–Kier alpha value is -3.16. The summed E-state index contributed by atoms with van der Waals surface area (Å²) in [6, 6.07) is 15.7. The zero-order valence-corrected chi connectivity index (χ0v) is 18.3. The van der Waals surface area contributed by atoms with E-state index in [9.17, 15) is 0 Å². The van der Waals surface area contributed by atoms with E-state index in [1.54, 1.807) is 4.68 Å². The highest BCUT2D eigenvalue weighted by Gasteiger charge is 2.23. The number of hydrogen-bond acceptors (Lipinski definition) is 6. The van der Waals surface area contributed by atoms with E-state index in [4.69, 9.17) is 32.4 Å². The average Bonchev–Trinajstić information content (AvgIpc) is 3.11. The number of benzene rings is 2. The van der Waals surface area contributed by atoms with Crippen molar-refractivity contribution in [3.63, 3.8) is 0 Å². The molecule has 1 fully saturated rings. The first-order chi connectivity index (χ1) is 15.0. The van der Waals surface area contributed by atoms with E-state index in [-0.39, 0.29) is 0 Å². The highest BCUT2D eigenvalue weighted by atomic mass is 35.5. The smallest absolute Gasteiger partial charge is 0.228 e. The van der Waals surface area contributed by atoms with Gasteiger partial charge in [0.15, 0.2) is 5.65 Å². The Morgan fingerprint density at radius 2 is 1.71 bits per heavy atom. The number of nitrogen functional groups attached to an aromatic ring is 1. The van der Waals surface area contributed by atoms with Crippen LogP contribution < -0.4 is 10.6 Å². The maximum Gasteiger partial charge on any atom is 0.228 e. The summed E-state index contributed by atoms with van der Waals surface area (Å²) in [7, 11) is 2.13. The predicted octanol–water partition coefficient (Wildman–Crippen LogP) is 3.78. The van der Waals surface area contributed by atoms with Gasteiger partial charge in [0, 0.05) is 36.8 Å². The first-order valence-corrected chi connectivity index (χ1v) is 10.7. The zero-order valence-electron chi connectivity index (χ0n) is 17.6. The summed E-state index contributed by atoms with van der Waals surface area (Å²) in [6.07, 6.45) is 0. The van der Waals surface area contributed by atoms with Gasteiger partial charge in [-0.2, -0.15) is 4.98 Å². The van der Waals surface area contributed by atoms with Crippen LogP contribution in [0.15, 0.2) is 48.5 Å². The van der Waals surface area contributed by atoms with E-state index >= 15 is 0 Å². The lowest BCUT2D eigenvalue weighted by Gasteiger charge is -2.32. The second-order valence-corrected chi connectivity index (χ2v) is 8.44. The molecule has 0 atom stereocenters. The van der Waals surface area contributed by atoms with Crippen molar-refractivity contribution in [3.8, 4) is 16.9 Å². The summed E-state index contributed by atoms with van der Waals surface area (Å²) in [5.74, 6) is 1.20. The Labute approximate surface area is 186 Å². The van der Waals surface area contributed by atoms with Crippen LogP contribution in [0.1, 0.15) is 5.56 Å². The molecular weight excluding hydrogens is 410 g/mol. The molecule has 1 aliphatic heterocycles. The molecule has 7 nitrogen and oxygen atoms in total. The van der Waals surface area contributed by atoms with Crippen molar-refractivity contribution >= 4 is 34.4 Å². The third-order valence-corrected chi connectivity index (χ3v) is 5.96. The van der Waals surface area contributed by atoms with Gasteiger partial charge < -0.3 is 15.5 Å². The van der Waals surface area contributed by atoms with Crippen LogP contribution in [0.25, 0.3) is 28.0 Å². The largest absolute Gasteiger partial charge is 0.383 e. The Morgan fingerprint density at radius 3 is 2.42 bits per heavy atom. The molecule has 2 aromatic heterocycles. The number of halogens is 1. The first-order valence-electron chi connectivity index (χ1n) is 10.3. The Bertz CT molecular complexity index is 1240. The van der Waals surface area contributed by atoms with Crippen molar-refractivity contribution in [2.24, 2.45) is 0 Å². The zero-order chi connectivity index (χ0) is 21.5. The number of aromatic nitrogens is 4. The van der Waals surface area contributed by atoms with E-state index < -0.39 is 0 Å². The van der Waals surface area contributed by atoms with E-state index in [1.165, 1.54) is 0 Å². The number of aryl methyl sites for hydroxylation is 1. The van der Waals surface area contributed by atoms with Crippen LogP contribution in [-0.4, -0.2) is 57.9 Å². The van der Waals surface area contributed by atoms with Gasteiger partial charge in [-0.1, -0.05) is 35.9 Å². The molecule has 0 saturated carbocycles. The molecule has 2 N–H and O–H groups in total. The Morgan fingerprint density at radius 1 is 0.968 bits per heavy atom. The molecule has 4 aromatic rings. The fourth-order valence-corrected chi connectivity index (χ4v) is 4.05. The molecule has 1 aliphatic rings. The van der Waals surface area contributed by atoms with Crippen LogP contribution in [0.3, 0.4) is 0 Å². The van der Waals surface area contributed by atoms with Crippen molar-refractivity contribution in [2.45, 2.75) is 6.92 Å². The minimum Gasteiger partial charge on any atom is -0.383 e. The van der Waals surface area contributed by atoms with Gasteiger partial charge in [-0.3, -0.25) is 0 Å². The van der Waals surface area contributed by atoms with Gasteiger partial charge >= 0.3 is 0 Å². The van der Waals surface area contributed by atoms with Gasteiger partial charge in [-0.05, 0) is 43.8 Å². The van der Waals surface area contributed by atoms with Gasteiger partial charge in [0.05, 0.1) is 16.8 Å². The second-order valence-electron chi connectivity index (χ2n) is 8.00. The van der Waals surface area contributed by atoms with Crippen LogP contribution >= 0.6 is 11.6 Å². The van der Waals surface area contributed by atoms with Crippen molar-refractivity contribution in [1.82, 2.24) is 24.6 Å². The minimum atomic E-state index is 0.524. The maximum absolute atomic E-state index is 6.61. The van der Waals surface area contributed by atoms with E-state index in [0.717, 1.165) is 54.1 Å². The average molecular weight is 434 g/mol. The molecule has 2 aromatic carbocycles. The number of anilines is 2. The van der Waals surface area contributed by atoms with Crippen LogP contribution in [0.4, 0.5) is 11.8 Å². The van der Waals surface area contributed by atoms with E-state index in [2.05, 4.69) is 22.9 Å². The highest BCUT2D eigenvalue weighted by Crippen LogP contribution is 2.34. The number of fused-ring (bicyclic) bond motifs is 1. The van der Waals surface area contributed by atoms with Crippen molar-refractivity contribution in [3.05, 3.63) is 59.1 Å². The molecule has 0 bridgehead atoms. The number of piperazine rings is 1. The molecule has 158 valence electrons. The number of hydrogen-bond donors (Lipinski definition) is 1. The molecule has 8 heteroatoms. The lowest BCUT2D eigenvalue weighted by Crippen LogP contribution is -2.45. The topological polar surface area (TPSA) is 76.1 Å². The van der Waals surface area contributed by atoms with Gasteiger partial charge in [0.25, 0.3) is 0 Å². The summed E-state index contributed by atoms with van der Waals surface area (Å²) in [5, 5.41) is 6.20. The standard InChI is InChI=1S/C23H24ClN7/c1-15-4-3-5-18(14-15)31-21(25)19-20(16-6-8-17(24)9-7-16)26-23(27-22(19)28-31)30-12-10-29(2)11-13-30/h3-9,14H,10-13,25H2,1-2H3. The molecule has 31 heavy (non-hydrogen) atoms. The molecule has 0 aliphatic carbocycles. The monoisotopic (exact) mass is 433 g/mol. The SMILES string of the molecule is Cc1cccc(-n2nc3nc(N4CCN(C)CC4)nc(-c4ccc(Cl)cc4)c3c2N)c1. The number of likely N-dealkylation sites (N-methyl/N-ethyl adjacent to an activating group) is 1. The first kappa shape index (κ1) is 19.8. The third-order valence-electron chi connectivity index (χ3n) is 5.71. The van der Waals surface area contributed by atoms with Crippen LogP contribution in [-0.2, 0) is 0 Å². The molecule has 0 spiro atoms. The summed E-state index contributed by atoms with van der Waals surface area (Å²) >= 11 is 6.13. The lowest BCUT2D eigenvalue weighted by molar-refractivity contribution is 0.311. The quantitative estimate of drug-likeness (QED) is 0.530. The van der Waals surface area contributed by atoms with Crippen LogP contribution in [0.2, 0.25) is 5.02 Å². The molecule has 0 radical (unpaired) electrons. The Balaban J connectivity index is 1.71. The van der Waals surface area contributed by atoms with Crippen LogP contribution in [0.5, 0.6) is 0 Å². The maximum atomic E-state index is 6.61. The normalized spacial score (nSPS) is 15.0. The van der Waals surface area contributed by atoms with Crippen molar-refractivity contribution in [1.29, 1.82) is 0 Å². The molecular formula is C23H24ClN7.